The van der Waals surface area contributed by atoms with E-state index in [1.165, 1.54) is 0 Å². The molecule has 0 aromatic heterocycles. The van der Waals surface area contributed by atoms with Crippen LogP contribution in [-0.2, 0) is 6.54 Å². The van der Waals surface area contributed by atoms with Gasteiger partial charge in [0.05, 0.1) is 19.3 Å². The molecule has 122 valence electrons. The van der Waals surface area contributed by atoms with Crippen LogP contribution in [0.25, 0.3) is 0 Å². The molecule has 0 saturated carbocycles. The van der Waals surface area contributed by atoms with E-state index < -0.39 is 5.97 Å². The summed E-state index contributed by atoms with van der Waals surface area (Å²) in [6.07, 6.45) is 0.857. The number of methoxy groups -OCH3 is 1. The van der Waals surface area contributed by atoms with Gasteiger partial charge in [-0.1, -0.05) is 18.2 Å². The Labute approximate surface area is 135 Å². The first kappa shape index (κ1) is 16.8. The van der Waals surface area contributed by atoms with E-state index in [4.69, 9.17) is 14.6 Å². The van der Waals surface area contributed by atoms with Crippen LogP contribution in [0.3, 0.4) is 0 Å². The van der Waals surface area contributed by atoms with Crippen LogP contribution in [0.15, 0.2) is 48.5 Å². The van der Waals surface area contributed by atoms with Gasteiger partial charge in [-0.3, -0.25) is 0 Å². The van der Waals surface area contributed by atoms with Crippen molar-refractivity contribution >= 4 is 5.97 Å². The van der Waals surface area contributed by atoms with Crippen molar-refractivity contribution in [1.82, 2.24) is 5.32 Å². The number of carboxylic acids is 1. The molecule has 23 heavy (non-hydrogen) atoms. The van der Waals surface area contributed by atoms with Gasteiger partial charge in [-0.25, -0.2) is 4.79 Å². The van der Waals surface area contributed by atoms with Gasteiger partial charge in [-0.05, 0) is 42.8 Å². The molecule has 0 bridgehead atoms. The van der Waals surface area contributed by atoms with Crippen molar-refractivity contribution in [2.24, 2.45) is 0 Å². The Kier molecular flexibility index (Phi) is 6.44. The smallest absolute Gasteiger partial charge is 0.335 e. The lowest BCUT2D eigenvalue weighted by Crippen LogP contribution is -2.17. The molecule has 0 amide bonds. The van der Waals surface area contributed by atoms with Gasteiger partial charge in [0.15, 0.2) is 0 Å². The zero-order valence-electron chi connectivity index (χ0n) is 13.1. The van der Waals surface area contributed by atoms with E-state index in [1.807, 2.05) is 30.3 Å². The van der Waals surface area contributed by atoms with Gasteiger partial charge >= 0.3 is 5.97 Å². The fourth-order valence-electron chi connectivity index (χ4n) is 2.13. The second-order valence-corrected chi connectivity index (χ2v) is 5.06. The lowest BCUT2D eigenvalue weighted by atomic mass is 10.1. The predicted molar refractivity (Wildman–Crippen MR) is 88.2 cm³/mol. The number of carbonyl (C=O) groups is 1. The Bertz CT molecular complexity index is 642. The first-order valence-corrected chi connectivity index (χ1v) is 7.49. The Morgan fingerprint density at radius 3 is 2.70 bits per heavy atom. The van der Waals surface area contributed by atoms with Gasteiger partial charge in [-0.15, -0.1) is 0 Å². The van der Waals surface area contributed by atoms with Crippen LogP contribution in [0.5, 0.6) is 11.5 Å². The second-order valence-electron chi connectivity index (χ2n) is 5.06. The summed E-state index contributed by atoms with van der Waals surface area (Å²) in [5.41, 5.74) is 1.27. The summed E-state index contributed by atoms with van der Waals surface area (Å²) in [6.45, 7) is 2.04. The highest BCUT2D eigenvalue weighted by Crippen LogP contribution is 2.18. The average molecular weight is 315 g/mol. The molecule has 5 nitrogen and oxygen atoms in total. The average Bonchev–Trinajstić information content (AvgIpc) is 2.58. The van der Waals surface area contributed by atoms with Crippen LogP contribution < -0.4 is 14.8 Å². The van der Waals surface area contributed by atoms with Gasteiger partial charge in [-0.2, -0.15) is 0 Å². The number of rotatable bonds is 9. The first-order chi connectivity index (χ1) is 11.2. The second kappa shape index (κ2) is 8.80. The maximum absolute atomic E-state index is 10.9. The number of nitrogens with one attached hydrogen (secondary N) is 1. The normalized spacial score (nSPS) is 10.3. The summed E-state index contributed by atoms with van der Waals surface area (Å²) >= 11 is 0. The highest BCUT2D eigenvalue weighted by atomic mass is 16.5. The number of ether oxygens (including phenoxy) is 2. The maximum atomic E-state index is 10.9. The van der Waals surface area contributed by atoms with E-state index in [9.17, 15) is 4.79 Å². The zero-order chi connectivity index (χ0) is 16.5. The summed E-state index contributed by atoms with van der Waals surface area (Å²) in [5.74, 6) is 0.663. The molecule has 0 fully saturated rings. The van der Waals surface area contributed by atoms with Crippen LogP contribution in [0.4, 0.5) is 0 Å². The van der Waals surface area contributed by atoms with E-state index in [2.05, 4.69) is 5.32 Å². The molecule has 0 atom stereocenters. The zero-order valence-corrected chi connectivity index (χ0v) is 13.1. The largest absolute Gasteiger partial charge is 0.497 e. The third kappa shape index (κ3) is 5.64. The number of benzene rings is 2. The van der Waals surface area contributed by atoms with E-state index in [-0.39, 0.29) is 0 Å². The predicted octanol–water partition coefficient (Wildman–Crippen LogP) is 2.95. The molecule has 2 aromatic rings. The number of hydrogen-bond acceptors (Lipinski definition) is 4. The fourth-order valence-corrected chi connectivity index (χ4v) is 2.13. The van der Waals surface area contributed by atoms with Crippen molar-refractivity contribution in [3.63, 3.8) is 0 Å². The molecule has 0 radical (unpaired) electrons. The summed E-state index contributed by atoms with van der Waals surface area (Å²) < 4.78 is 10.8. The molecule has 0 aliphatic heterocycles. The third-order valence-corrected chi connectivity index (χ3v) is 3.31. The monoisotopic (exact) mass is 315 g/mol. The van der Waals surface area contributed by atoms with Crippen LogP contribution in [0.2, 0.25) is 0 Å². The minimum Gasteiger partial charge on any atom is -0.497 e. The van der Waals surface area contributed by atoms with Crippen LogP contribution in [0, 0.1) is 0 Å². The van der Waals surface area contributed by atoms with E-state index in [0.29, 0.717) is 18.7 Å². The molecule has 0 aliphatic rings. The highest BCUT2D eigenvalue weighted by Gasteiger charge is 2.02. The minimum atomic E-state index is -0.904. The first-order valence-electron chi connectivity index (χ1n) is 7.49. The van der Waals surface area contributed by atoms with Crippen LogP contribution in [-0.4, -0.2) is 31.3 Å². The lowest BCUT2D eigenvalue weighted by molar-refractivity contribution is 0.0696. The summed E-state index contributed by atoms with van der Waals surface area (Å²) in [6, 6.07) is 14.5. The van der Waals surface area contributed by atoms with Gasteiger partial charge in [0.25, 0.3) is 0 Å². The van der Waals surface area contributed by atoms with E-state index in [0.717, 1.165) is 30.0 Å². The molecule has 0 unspecified atom stereocenters. The Morgan fingerprint density at radius 1 is 1.13 bits per heavy atom. The number of aromatic carboxylic acids is 1. The Balaban J connectivity index is 1.66. The summed E-state index contributed by atoms with van der Waals surface area (Å²) in [7, 11) is 1.63. The molecule has 0 spiro atoms. The van der Waals surface area contributed by atoms with Crippen LogP contribution >= 0.6 is 0 Å². The summed E-state index contributed by atoms with van der Waals surface area (Å²) in [4.78, 5) is 10.9. The van der Waals surface area contributed by atoms with E-state index in [1.54, 1.807) is 25.3 Å². The van der Waals surface area contributed by atoms with Crippen molar-refractivity contribution in [2.45, 2.75) is 13.0 Å². The molecule has 0 saturated heterocycles. The van der Waals surface area contributed by atoms with Gasteiger partial charge < -0.3 is 19.9 Å². The van der Waals surface area contributed by atoms with Crippen molar-refractivity contribution in [2.75, 3.05) is 20.3 Å². The Hall–Kier alpha value is -2.53. The highest BCUT2D eigenvalue weighted by molar-refractivity contribution is 5.87. The third-order valence-electron chi connectivity index (χ3n) is 3.31. The van der Waals surface area contributed by atoms with Crippen molar-refractivity contribution in [1.29, 1.82) is 0 Å². The van der Waals surface area contributed by atoms with Crippen molar-refractivity contribution in [3.05, 3.63) is 59.7 Å². The molecule has 0 heterocycles. The van der Waals surface area contributed by atoms with Gasteiger partial charge in [0.1, 0.15) is 11.5 Å². The molecular formula is C18H21NO4. The number of carboxylic acid groups (broad SMARTS) is 1. The molecular weight excluding hydrogens is 294 g/mol. The van der Waals surface area contributed by atoms with Gasteiger partial charge in [0, 0.05) is 12.6 Å². The van der Waals surface area contributed by atoms with Crippen molar-refractivity contribution < 1.29 is 19.4 Å². The molecule has 2 rings (SSSR count). The summed E-state index contributed by atoms with van der Waals surface area (Å²) in [5, 5.41) is 12.2. The minimum absolute atomic E-state index is 0.311. The van der Waals surface area contributed by atoms with Crippen molar-refractivity contribution in [3.8, 4) is 11.5 Å². The lowest BCUT2D eigenvalue weighted by Gasteiger charge is -2.09. The topological polar surface area (TPSA) is 67.8 Å². The van der Waals surface area contributed by atoms with Gasteiger partial charge in [0.2, 0.25) is 0 Å². The number of hydrogen-bond donors (Lipinski definition) is 2. The van der Waals surface area contributed by atoms with E-state index >= 15 is 0 Å². The molecule has 2 N–H and O–H groups in total. The SMILES string of the molecule is COc1cccc(OCCCNCc2cccc(C(=O)O)c2)c1. The molecule has 5 heteroatoms. The Morgan fingerprint density at radius 2 is 1.91 bits per heavy atom. The fraction of sp³-hybridized carbons (Fsp3) is 0.278. The standard InChI is InChI=1S/C18H21NO4/c1-22-16-7-3-8-17(12-16)23-10-4-9-19-13-14-5-2-6-15(11-14)18(20)21/h2-3,5-8,11-12,19H,4,9-10,13H2,1H3,(H,20,21). The maximum Gasteiger partial charge on any atom is 0.335 e. The quantitative estimate of drug-likeness (QED) is 0.696. The molecule has 0 aliphatic carbocycles. The molecule has 2 aromatic carbocycles. The van der Waals surface area contributed by atoms with Crippen LogP contribution in [0.1, 0.15) is 22.3 Å².